The molecular formula is C63H38N4. The molecule has 0 bridgehead atoms. The molecule has 2 aromatic heterocycles. The molecule has 310 valence electrons. The number of fused-ring (bicyclic) bond motifs is 21. The lowest BCUT2D eigenvalue weighted by Gasteiger charge is -2.49. The lowest BCUT2D eigenvalue weighted by Crippen LogP contribution is -2.43. The molecule has 10 aromatic carbocycles. The Morgan fingerprint density at radius 2 is 0.716 bits per heavy atom. The van der Waals surface area contributed by atoms with Crippen molar-refractivity contribution >= 4 is 32.6 Å². The van der Waals surface area contributed by atoms with E-state index in [-0.39, 0.29) is 0 Å². The summed E-state index contributed by atoms with van der Waals surface area (Å²) >= 11 is 0. The van der Waals surface area contributed by atoms with Crippen LogP contribution < -0.4 is 0 Å². The standard InChI is InChI=1S/C63H38N4/c1-3-20-40(21-4-1)59-64-60(41-22-5-2-6-23-41)66-61(65-59)67-57-38-56-55(37-48(57)47-36-35-39-19-7-8-24-42(39)58(47)67)62(49-29-13-9-25-43(49)44-26-10-14-30-50(44)62)53-33-17-18-34-54(53)63(56)51-31-15-11-27-45(51)46-28-12-16-32-52(46)63/h1-38H. The van der Waals surface area contributed by atoms with Gasteiger partial charge in [-0.2, -0.15) is 9.97 Å². The highest BCUT2D eigenvalue weighted by Crippen LogP contribution is 2.68. The van der Waals surface area contributed by atoms with Gasteiger partial charge in [0.05, 0.1) is 21.9 Å². The molecule has 4 nitrogen and oxygen atoms in total. The predicted molar refractivity (Wildman–Crippen MR) is 271 cm³/mol. The molecule has 0 atom stereocenters. The van der Waals surface area contributed by atoms with Gasteiger partial charge in [-0.25, -0.2) is 4.98 Å². The largest absolute Gasteiger partial charge is 0.277 e. The molecule has 0 saturated carbocycles. The third kappa shape index (κ3) is 4.64. The molecule has 0 N–H and O–H groups in total. The van der Waals surface area contributed by atoms with Crippen LogP contribution >= 0.6 is 0 Å². The molecule has 2 heterocycles. The smallest absolute Gasteiger partial charge is 0.238 e. The molecular weight excluding hydrogens is 813 g/mol. The van der Waals surface area contributed by atoms with Gasteiger partial charge in [-0.15, -0.1) is 0 Å². The van der Waals surface area contributed by atoms with E-state index in [4.69, 9.17) is 15.0 Å². The number of hydrogen-bond donors (Lipinski definition) is 0. The van der Waals surface area contributed by atoms with E-state index in [9.17, 15) is 0 Å². The number of nitrogens with zero attached hydrogens (tertiary/aromatic N) is 4. The van der Waals surface area contributed by atoms with Crippen LogP contribution in [-0.2, 0) is 10.8 Å². The molecule has 3 aliphatic carbocycles. The fourth-order valence-corrected chi connectivity index (χ4v) is 12.6. The molecule has 3 aliphatic rings. The first kappa shape index (κ1) is 36.6. The Bertz CT molecular complexity index is 3900. The van der Waals surface area contributed by atoms with E-state index in [1.165, 1.54) is 66.8 Å². The fourth-order valence-electron chi connectivity index (χ4n) is 12.6. The van der Waals surface area contributed by atoms with Crippen LogP contribution in [0.1, 0.15) is 44.5 Å². The number of aromatic nitrogens is 4. The van der Waals surface area contributed by atoms with Crippen LogP contribution in [0, 0.1) is 0 Å². The van der Waals surface area contributed by atoms with Gasteiger partial charge >= 0.3 is 0 Å². The summed E-state index contributed by atoms with van der Waals surface area (Å²) in [5, 5.41) is 4.59. The zero-order valence-electron chi connectivity index (χ0n) is 36.2. The minimum atomic E-state index is -0.655. The van der Waals surface area contributed by atoms with Crippen LogP contribution in [0.4, 0.5) is 0 Å². The maximum Gasteiger partial charge on any atom is 0.238 e. The van der Waals surface area contributed by atoms with E-state index < -0.39 is 10.8 Å². The van der Waals surface area contributed by atoms with Crippen molar-refractivity contribution < 1.29 is 0 Å². The molecule has 0 amide bonds. The average molecular weight is 851 g/mol. The van der Waals surface area contributed by atoms with Crippen LogP contribution in [-0.4, -0.2) is 19.5 Å². The maximum absolute atomic E-state index is 5.46. The van der Waals surface area contributed by atoms with Gasteiger partial charge < -0.3 is 0 Å². The second-order valence-corrected chi connectivity index (χ2v) is 18.2. The van der Waals surface area contributed by atoms with Crippen LogP contribution in [0.25, 0.3) is 83.6 Å². The zero-order chi connectivity index (χ0) is 43.8. The second-order valence-electron chi connectivity index (χ2n) is 18.2. The molecule has 15 rings (SSSR count). The SMILES string of the molecule is c1ccc(-c2nc(-c3ccccc3)nc(-n3c4cc5c(cc4c4ccc6ccccc6c43)C3(c4ccccc4-c4ccccc43)c3ccccc3C53c4ccccc4-c4ccccc43)n2)cc1. The Morgan fingerprint density at radius 3 is 1.22 bits per heavy atom. The van der Waals surface area contributed by atoms with Gasteiger partial charge in [-0.3, -0.25) is 4.57 Å². The van der Waals surface area contributed by atoms with E-state index >= 15 is 0 Å². The summed E-state index contributed by atoms with van der Waals surface area (Å²) < 4.78 is 2.35. The average Bonchev–Trinajstić information content (AvgIpc) is 4.01. The highest BCUT2D eigenvalue weighted by Gasteiger charge is 2.59. The monoisotopic (exact) mass is 850 g/mol. The van der Waals surface area contributed by atoms with Crippen molar-refractivity contribution in [2.45, 2.75) is 10.8 Å². The zero-order valence-corrected chi connectivity index (χ0v) is 36.2. The molecule has 12 aromatic rings. The first-order valence-electron chi connectivity index (χ1n) is 23.1. The van der Waals surface area contributed by atoms with Crippen LogP contribution in [0.5, 0.6) is 0 Å². The molecule has 0 radical (unpaired) electrons. The Kier molecular flexibility index (Phi) is 7.33. The van der Waals surface area contributed by atoms with Crippen LogP contribution in [0.15, 0.2) is 231 Å². The molecule has 0 fully saturated rings. The van der Waals surface area contributed by atoms with Gasteiger partial charge in [-0.05, 0) is 84.3 Å². The summed E-state index contributed by atoms with van der Waals surface area (Å²) in [6.07, 6.45) is 0. The Morgan fingerprint density at radius 1 is 0.299 bits per heavy atom. The van der Waals surface area contributed by atoms with Gasteiger partial charge in [0.25, 0.3) is 0 Å². The van der Waals surface area contributed by atoms with Crippen LogP contribution in [0.2, 0.25) is 0 Å². The Labute approximate surface area is 387 Å². The van der Waals surface area contributed by atoms with Gasteiger partial charge in [0.15, 0.2) is 11.6 Å². The predicted octanol–water partition coefficient (Wildman–Crippen LogP) is 14.5. The van der Waals surface area contributed by atoms with Gasteiger partial charge in [0.2, 0.25) is 5.95 Å². The van der Waals surface area contributed by atoms with Gasteiger partial charge in [-0.1, -0.05) is 218 Å². The van der Waals surface area contributed by atoms with Crippen molar-refractivity contribution in [3.05, 3.63) is 275 Å². The minimum absolute atomic E-state index is 0.577. The van der Waals surface area contributed by atoms with E-state index in [1.54, 1.807) is 0 Å². The maximum atomic E-state index is 5.46. The van der Waals surface area contributed by atoms with Crippen molar-refractivity contribution in [1.29, 1.82) is 0 Å². The number of benzene rings is 10. The van der Waals surface area contributed by atoms with E-state index in [2.05, 4.69) is 199 Å². The van der Waals surface area contributed by atoms with E-state index in [1.807, 2.05) is 36.4 Å². The highest BCUT2D eigenvalue weighted by molar-refractivity contribution is 6.19. The summed E-state index contributed by atoms with van der Waals surface area (Å²) in [5.74, 6) is 1.83. The summed E-state index contributed by atoms with van der Waals surface area (Å²) in [6.45, 7) is 0. The summed E-state index contributed by atoms with van der Waals surface area (Å²) in [7, 11) is 0. The van der Waals surface area contributed by atoms with Crippen molar-refractivity contribution in [1.82, 2.24) is 19.5 Å². The lowest BCUT2D eigenvalue weighted by atomic mass is 9.52. The number of hydrogen-bond acceptors (Lipinski definition) is 3. The fraction of sp³-hybridized carbons (Fsp3) is 0.0317. The topological polar surface area (TPSA) is 43.6 Å². The molecule has 4 heteroatoms. The number of rotatable bonds is 3. The summed E-state index contributed by atoms with van der Waals surface area (Å²) in [6, 6.07) is 84.8. The molecule has 2 spiro atoms. The molecule has 0 aliphatic heterocycles. The van der Waals surface area contributed by atoms with Crippen molar-refractivity contribution in [3.63, 3.8) is 0 Å². The first-order valence-corrected chi connectivity index (χ1v) is 23.1. The quantitative estimate of drug-likeness (QED) is 0.178. The van der Waals surface area contributed by atoms with Gasteiger partial charge in [0, 0.05) is 27.3 Å². The molecule has 0 unspecified atom stereocenters. The third-order valence-corrected chi connectivity index (χ3v) is 15.1. The summed E-state index contributed by atoms with van der Waals surface area (Å²) in [5.41, 5.74) is 18.2. The normalized spacial score (nSPS) is 14.2. The van der Waals surface area contributed by atoms with Crippen molar-refractivity contribution in [3.8, 4) is 51.0 Å². The van der Waals surface area contributed by atoms with Crippen molar-refractivity contribution in [2.24, 2.45) is 0 Å². The summed E-state index contributed by atoms with van der Waals surface area (Å²) in [4.78, 5) is 16.1. The second kappa shape index (κ2) is 13.4. The van der Waals surface area contributed by atoms with E-state index in [0.717, 1.165) is 43.7 Å². The highest BCUT2D eigenvalue weighted by atomic mass is 15.2. The Balaban J connectivity index is 1.18. The third-order valence-electron chi connectivity index (χ3n) is 15.1. The van der Waals surface area contributed by atoms with E-state index in [0.29, 0.717) is 17.6 Å². The first-order chi connectivity index (χ1) is 33.2. The molecule has 67 heavy (non-hydrogen) atoms. The van der Waals surface area contributed by atoms with Gasteiger partial charge in [0.1, 0.15) is 0 Å². The Hall–Kier alpha value is -8.73. The van der Waals surface area contributed by atoms with Crippen LogP contribution in [0.3, 0.4) is 0 Å². The molecule has 0 saturated heterocycles. The van der Waals surface area contributed by atoms with Crippen molar-refractivity contribution in [2.75, 3.05) is 0 Å². The lowest BCUT2D eigenvalue weighted by molar-refractivity contribution is 0.634. The minimum Gasteiger partial charge on any atom is -0.277 e.